The highest BCUT2D eigenvalue weighted by molar-refractivity contribution is 5.81. The largest absolute Gasteiger partial charge is 0.376 e. The number of hydrogen-bond donors (Lipinski definition) is 2. The van der Waals surface area contributed by atoms with E-state index in [4.69, 9.17) is 4.74 Å². The van der Waals surface area contributed by atoms with E-state index in [1.54, 1.807) is 0 Å². The molecule has 3 unspecified atom stereocenters. The lowest BCUT2D eigenvalue weighted by atomic mass is 9.77. The molecule has 0 aromatic rings. The quantitative estimate of drug-likeness (QED) is 0.765. The number of ether oxygens (including phenoxy) is 1. The summed E-state index contributed by atoms with van der Waals surface area (Å²) in [6.07, 6.45) is 12.9. The zero-order chi connectivity index (χ0) is 14.5. The Balaban J connectivity index is 1.33. The molecule has 1 heterocycles. The third-order valence-electron chi connectivity index (χ3n) is 5.52. The summed E-state index contributed by atoms with van der Waals surface area (Å²) in [6.45, 7) is 1.32. The second-order valence-electron chi connectivity index (χ2n) is 7.02. The Kier molecular flexibility index (Phi) is 5.53. The first-order chi connectivity index (χ1) is 10.3. The Morgan fingerprint density at radius 3 is 2.62 bits per heavy atom. The van der Waals surface area contributed by atoms with Crippen LogP contribution in [0.2, 0.25) is 0 Å². The summed E-state index contributed by atoms with van der Waals surface area (Å²) >= 11 is 0. The Hall–Kier alpha value is -0.610. The molecule has 3 atom stereocenters. The Morgan fingerprint density at radius 2 is 1.76 bits per heavy atom. The van der Waals surface area contributed by atoms with Crippen LogP contribution in [-0.2, 0) is 9.53 Å². The fraction of sp³-hybridized carbons (Fsp3) is 0.941. The number of nitrogens with one attached hydrogen (secondary N) is 2. The number of amides is 1. The average molecular weight is 294 g/mol. The Bertz CT molecular complexity index is 342. The van der Waals surface area contributed by atoms with Crippen LogP contribution in [0, 0.1) is 5.92 Å². The van der Waals surface area contributed by atoms with Crippen molar-refractivity contribution in [2.24, 2.45) is 5.92 Å². The first-order valence-electron chi connectivity index (χ1n) is 8.98. The highest BCUT2D eigenvalue weighted by atomic mass is 16.5. The predicted octanol–water partition coefficient (Wildman–Crippen LogP) is 2.37. The van der Waals surface area contributed by atoms with Gasteiger partial charge in [-0.25, -0.2) is 0 Å². The van der Waals surface area contributed by atoms with Crippen LogP contribution in [0.4, 0.5) is 0 Å². The van der Waals surface area contributed by atoms with Crippen molar-refractivity contribution >= 4 is 5.91 Å². The number of hydrogen-bond acceptors (Lipinski definition) is 3. The molecule has 2 N–H and O–H groups in total. The molecule has 1 aliphatic heterocycles. The van der Waals surface area contributed by atoms with Crippen molar-refractivity contribution in [2.75, 3.05) is 13.2 Å². The molecule has 2 aliphatic carbocycles. The zero-order valence-corrected chi connectivity index (χ0v) is 13.1. The second kappa shape index (κ2) is 7.59. The standard InChI is InChI=1S/C17H30N2O2/c20-17(18-11-12-21-14-6-2-3-7-14)16-10-9-13-5-1-4-8-15(13)19-16/h13-16,19H,1-12H2,(H,18,20). The molecule has 120 valence electrons. The summed E-state index contributed by atoms with van der Waals surface area (Å²) in [5.41, 5.74) is 0. The van der Waals surface area contributed by atoms with Gasteiger partial charge in [-0.2, -0.15) is 0 Å². The van der Waals surface area contributed by atoms with E-state index in [1.807, 2.05) is 0 Å². The molecule has 3 aliphatic rings. The SMILES string of the molecule is O=C(NCCOC1CCCC1)C1CCC2CCCCC2N1. The highest BCUT2D eigenvalue weighted by Gasteiger charge is 2.34. The van der Waals surface area contributed by atoms with Crippen molar-refractivity contribution in [2.45, 2.75) is 82.4 Å². The summed E-state index contributed by atoms with van der Waals surface area (Å²) in [5, 5.41) is 6.63. The molecule has 0 aromatic carbocycles. The number of carbonyl (C=O) groups excluding carboxylic acids is 1. The molecule has 3 rings (SSSR count). The summed E-state index contributed by atoms with van der Waals surface area (Å²) in [6, 6.07) is 0.605. The molecule has 4 nitrogen and oxygen atoms in total. The normalized spacial score (nSPS) is 33.6. The molecular formula is C17H30N2O2. The fourth-order valence-electron chi connectivity index (χ4n) is 4.28. The van der Waals surface area contributed by atoms with Crippen LogP contribution in [0.3, 0.4) is 0 Å². The van der Waals surface area contributed by atoms with Crippen molar-refractivity contribution in [1.82, 2.24) is 10.6 Å². The zero-order valence-electron chi connectivity index (χ0n) is 13.1. The van der Waals surface area contributed by atoms with Crippen molar-refractivity contribution < 1.29 is 9.53 Å². The predicted molar refractivity (Wildman–Crippen MR) is 83.1 cm³/mol. The van der Waals surface area contributed by atoms with Gasteiger partial charge in [0.25, 0.3) is 0 Å². The molecule has 0 radical (unpaired) electrons. The van der Waals surface area contributed by atoms with Crippen LogP contribution in [0.15, 0.2) is 0 Å². The van der Waals surface area contributed by atoms with Crippen LogP contribution >= 0.6 is 0 Å². The van der Waals surface area contributed by atoms with E-state index < -0.39 is 0 Å². The lowest BCUT2D eigenvalue weighted by Gasteiger charge is -2.39. The van der Waals surface area contributed by atoms with Gasteiger partial charge in [-0.15, -0.1) is 0 Å². The minimum Gasteiger partial charge on any atom is -0.376 e. The minimum atomic E-state index is 0.0239. The minimum absolute atomic E-state index is 0.0239. The maximum Gasteiger partial charge on any atom is 0.237 e. The van der Waals surface area contributed by atoms with Crippen molar-refractivity contribution in [3.8, 4) is 0 Å². The molecule has 1 amide bonds. The molecule has 3 fully saturated rings. The maximum absolute atomic E-state index is 12.2. The topological polar surface area (TPSA) is 50.4 Å². The van der Waals surface area contributed by atoms with E-state index in [2.05, 4.69) is 10.6 Å². The van der Waals surface area contributed by atoms with Gasteiger partial charge in [0.05, 0.1) is 18.8 Å². The maximum atomic E-state index is 12.2. The molecule has 21 heavy (non-hydrogen) atoms. The average Bonchev–Trinajstić information content (AvgIpc) is 3.04. The van der Waals surface area contributed by atoms with Crippen LogP contribution < -0.4 is 10.6 Å². The number of fused-ring (bicyclic) bond motifs is 1. The van der Waals surface area contributed by atoms with E-state index >= 15 is 0 Å². The van der Waals surface area contributed by atoms with Gasteiger partial charge in [0, 0.05) is 12.6 Å². The molecule has 0 aromatic heterocycles. The van der Waals surface area contributed by atoms with E-state index in [9.17, 15) is 4.79 Å². The van der Waals surface area contributed by atoms with Crippen molar-refractivity contribution in [1.29, 1.82) is 0 Å². The van der Waals surface area contributed by atoms with Gasteiger partial charge in [0.15, 0.2) is 0 Å². The van der Waals surface area contributed by atoms with E-state index in [0.717, 1.165) is 12.3 Å². The molecule has 4 heteroatoms. The van der Waals surface area contributed by atoms with Crippen LogP contribution in [0.1, 0.15) is 64.2 Å². The van der Waals surface area contributed by atoms with Gasteiger partial charge in [0.2, 0.25) is 5.91 Å². The third-order valence-corrected chi connectivity index (χ3v) is 5.52. The van der Waals surface area contributed by atoms with Crippen LogP contribution in [-0.4, -0.2) is 37.2 Å². The fourth-order valence-corrected chi connectivity index (χ4v) is 4.28. The molecular weight excluding hydrogens is 264 g/mol. The van der Waals surface area contributed by atoms with Gasteiger partial charge in [-0.1, -0.05) is 25.7 Å². The van der Waals surface area contributed by atoms with Crippen molar-refractivity contribution in [3.05, 3.63) is 0 Å². The highest BCUT2D eigenvalue weighted by Crippen LogP contribution is 2.32. The lowest BCUT2D eigenvalue weighted by molar-refractivity contribution is -0.124. The van der Waals surface area contributed by atoms with Gasteiger partial charge >= 0.3 is 0 Å². The van der Waals surface area contributed by atoms with E-state index in [1.165, 1.54) is 57.8 Å². The molecule has 1 saturated heterocycles. The molecule has 0 spiro atoms. The van der Waals surface area contributed by atoms with Gasteiger partial charge < -0.3 is 15.4 Å². The number of rotatable bonds is 5. The van der Waals surface area contributed by atoms with Gasteiger partial charge in [-0.05, 0) is 44.4 Å². The summed E-state index contributed by atoms with van der Waals surface area (Å²) in [7, 11) is 0. The van der Waals surface area contributed by atoms with Crippen LogP contribution in [0.25, 0.3) is 0 Å². The second-order valence-corrected chi connectivity index (χ2v) is 7.02. The summed E-state index contributed by atoms with van der Waals surface area (Å²) in [4.78, 5) is 12.2. The Labute approximate surface area is 128 Å². The van der Waals surface area contributed by atoms with E-state index in [-0.39, 0.29) is 11.9 Å². The first-order valence-corrected chi connectivity index (χ1v) is 8.98. The molecule has 0 bridgehead atoms. The Morgan fingerprint density at radius 1 is 1.00 bits per heavy atom. The molecule has 2 saturated carbocycles. The van der Waals surface area contributed by atoms with Gasteiger partial charge in [0.1, 0.15) is 0 Å². The van der Waals surface area contributed by atoms with Gasteiger partial charge in [-0.3, -0.25) is 4.79 Å². The summed E-state index contributed by atoms with van der Waals surface area (Å²) in [5.74, 6) is 0.988. The van der Waals surface area contributed by atoms with E-state index in [0.29, 0.717) is 25.3 Å². The third kappa shape index (κ3) is 4.19. The first kappa shape index (κ1) is 15.3. The number of piperidine rings is 1. The summed E-state index contributed by atoms with van der Waals surface area (Å²) < 4.78 is 5.79. The smallest absolute Gasteiger partial charge is 0.237 e. The van der Waals surface area contributed by atoms with Crippen molar-refractivity contribution in [3.63, 3.8) is 0 Å². The monoisotopic (exact) mass is 294 g/mol. The van der Waals surface area contributed by atoms with Crippen LogP contribution in [0.5, 0.6) is 0 Å². The number of carbonyl (C=O) groups is 1. The lowest BCUT2D eigenvalue weighted by Crippen LogP contribution is -2.55.